The Balaban J connectivity index is 2.38. The number of amidine groups is 1. The van der Waals surface area contributed by atoms with Crippen LogP contribution in [-0.4, -0.2) is 32.7 Å². The van der Waals surface area contributed by atoms with Gasteiger partial charge in [0.1, 0.15) is 5.84 Å². The summed E-state index contributed by atoms with van der Waals surface area (Å²) in [6.07, 6.45) is 0.957. The van der Waals surface area contributed by atoms with Crippen molar-refractivity contribution in [2.45, 2.75) is 25.2 Å². The molecule has 0 aliphatic carbocycles. The van der Waals surface area contributed by atoms with Crippen LogP contribution in [0.3, 0.4) is 0 Å². The molecule has 0 saturated carbocycles. The SMILES string of the molecule is Cc1ccc(S(=O)(=O)/N=C2\C(C)CCN2C)cc1. The van der Waals surface area contributed by atoms with Crippen molar-refractivity contribution in [1.82, 2.24) is 4.90 Å². The lowest BCUT2D eigenvalue weighted by Crippen LogP contribution is -2.23. The largest absolute Gasteiger partial charge is 0.362 e. The van der Waals surface area contributed by atoms with Crippen molar-refractivity contribution >= 4 is 15.9 Å². The average Bonchev–Trinajstić information content (AvgIpc) is 2.61. The summed E-state index contributed by atoms with van der Waals surface area (Å²) in [6, 6.07) is 6.78. The van der Waals surface area contributed by atoms with Crippen LogP contribution < -0.4 is 0 Å². The first-order valence-corrected chi connectivity index (χ1v) is 7.47. The molecule has 0 N–H and O–H groups in total. The number of sulfonamides is 1. The maximum absolute atomic E-state index is 12.2. The molecule has 1 atom stereocenters. The van der Waals surface area contributed by atoms with Crippen molar-refractivity contribution in [3.05, 3.63) is 29.8 Å². The summed E-state index contributed by atoms with van der Waals surface area (Å²) in [5.41, 5.74) is 1.04. The Bertz CT molecular complexity index is 549. The number of benzene rings is 1. The van der Waals surface area contributed by atoms with Gasteiger partial charge in [0.25, 0.3) is 10.0 Å². The smallest absolute Gasteiger partial charge is 0.283 e. The van der Waals surface area contributed by atoms with E-state index >= 15 is 0 Å². The van der Waals surface area contributed by atoms with Gasteiger partial charge in [-0.05, 0) is 25.5 Å². The zero-order valence-electron chi connectivity index (χ0n) is 10.9. The summed E-state index contributed by atoms with van der Waals surface area (Å²) in [5, 5.41) is 0. The van der Waals surface area contributed by atoms with Gasteiger partial charge in [-0.2, -0.15) is 8.42 Å². The molecule has 1 fully saturated rings. The molecular formula is C13H18N2O2S. The van der Waals surface area contributed by atoms with Gasteiger partial charge in [-0.25, -0.2) is 0 Å². The number of aryl methyl sites for hydroxylation is 1. The highest BCUT2D eigenvalue weighted by Crippen LogP contribution is 2.21. The van der Waals surface area contributed by atoms with Crippen molar-refractivity contribution < 1.29 is 8.42 Å². The van der Waals surface area contributed by atoms with E-state index in [0.717, 1.165) is 18.5 Å². The van der Waals surface area contributed by atoms with Crippen molar-refractivity contribution in [3.8, 4) is 0 Å². The molecule has 5 heteroatoms. The fourth-order valence-electron chi connectivity index (χ4n) is 2.05. The summed E-state index contributed by atoms with van der Waals surface area (Å²) in [4.78, 5) is 2.17. The molecule has 1 aromatic carbocycles. The minimum Gasteiger partial charge on any atom is -0.362 e. The Morgan fingerprint density at radius 3 is 2.39 bits per heavy atom. The van der Waals surface area contributed by atoms with Gasteiger partial charge in [-0.15, -0.1) is 4.40 Å². The molecule has 1 aromatic rings. The second-order valence-corrected chi connectivity index (χ2v) is 6.45. The summed E-state index contributed by atoms with van der Waals surface area (Å²) in [7, 11) is -1.70. The first-order valence-electron chi connectivity index (χ1n) is 6.03. The van der Waals surface area contributed by atoms with Crippen LogP contribution in [0.2, 0.25) is 0 Å². The van der Waals surface area contributed by atoms with Gasteiger partial charge in [0.15, 0.2) is 0 Å². The van der Waals surface area contributed by atoms with Crippen LogP contribution in [0.1, 0.15) is 18.9 Å². The standard InChI is InChI=1S/C13H18N2O2S/c1-10-4-6-12(7-5-10)18(16,17)14-13-11(2)8-9-15(13)3/h4-7,11H,8-9H2,1-3H3/b14-13+. The van der Waals surface area contributed by atoms with Crippen LogP contribution in [0.5, 0.6) is 0 Å². The number of nitrogens with zero attached hydrogens (tertiary/aromatic N) is 2. The minimum atomic E-state index is -3.58. The monoisotopic (exact) mass is 266 g/mol. The first kappa shape index (κ1) is 13.1. The maximum Gasteiger partial charge on any atom is 0.283 e. The van der Waals surface area contributed by atoms with E-state index in [1.807, 2.05) is 25.8 Å². The zero-order chi connectivity index (χ0) is 13.3. The molecule has 98 valence electrons. The van der Waals surface area contributed by atoms with Crippen molar-refractivity contribution in [2.75, 3.05) is 13.6 Å². The van der Waals surface area contributed by atoms with Crippen LogP contribution in [0, 0.1) is 12.8 Å². The summed E-state index contributed by atoms with van der Waals surface area (Å²) < 4.78 is 28.3. The van der Waals surface area contributed by atoms with Gasteiger partial charge >= 0.3 is 0 Å². The number of rotatable bonds is 2. The molecule has 0 radical (unpaired) electrons. The van der Waals surface area contributed by atoms with Gasteiger partial charge in [0, 0.05) is 19.5 Å². The van der Waals surface area contributed by atoms with E-state index in [9.17, 15) is 8.42 Å². The second-order valence-electron chi connectivity index (χ2n) is 4.85. The lowest BCUT2D eigenvalue weighted by Gasteiger charge is -2.13. The minimum absolute atomic E-state index is 0.204. The van der Waals surface area contributed by atoms with Crippen LogP contribution >= 0.6 is 0 Å². The third-order valence-corrected chi connectivity index (χ3v) is 4.56. The van der Waals surface area contributed by atoms with E-state index in [1.54, 1.807) is 24.3 Å². The van der Waals surface area contributed by atoms with E-state index in [0.29, 0.717) is 5.84 Å². The highest BCUT2D eigenvalue weighted by molar-refractivity contribution is 7.90. The number of hydrogen-bond donors (Lipinski definition) is 0. The Morgan fingerprint density at radius 2 is 1.89 bits per heavy atom. The van der Waals surface area contributed by atoms with Crippen LogP contribution in [0.4, 0.5) is 0 Å². The topological polar surface area (TPSA) is 49.7 Å². The molecule has 1 aliphatic heterocycles. The predicted octanol–water partition coefficient (Wildman–Crippen LogP) is 2.05. The molecule has 1 aliphatic rings. The van der Waals surface area contributed by atoms with Gasteiger partial charge < -0.3 is 4.90 Å². The van der Waals surface area contributed by atoms with E-state index < -0.39 is 10.0 Å². The van der Waals surface area contributed by atoms with Gasteiger partial charge in [0.05, 0.1) is 4.90 Å². The Hall–Kier alpha value is -1.36. The fourth-order valence-corrected chi connectivity index (χ4v) is 3.20. The molecule has 1 heterocycles. The molecule has 0 bridgehead atoms. The molecule has 0 aromatic heterocycles. The quantitative estimate of drug-likeness (QED) is 0.823. The number of hydrogen-bond acceptors (Lipinski definition) is 2. The van der Waals surface area contributed by atoms with Crippen LogP contribution in [0.15, 0.2) is 33.6 Å². The Kier molecular flexibility index (Phi) is 3.43. The fraction of sp³-hybridized carbons (Fsp3) is 0.462. The van der Waals surface area contributed by atoms with Crippen molar-refractivity contribution in [3.63, 3.8) is 0 Å². The third kappa shape index (κ3) is 2.56. The molecular weight excluding hydrogens is 248 g/mol. The van der Waals surface area contributed by atoms with Gasteiger partial charge in [-0.3, -0.25) is 0 Å². The summed E-state index contributed by atoms with van der Waals surface area (Å²) in [5.74, 6) is 0.866. The summed E-state index contributed by atoms with van der Waals surface area (Å²) in [6.45, 7) is 4.80. The zero-order valence-corrected chi connectivity index (χ0v) is 11.7. The molecule has 4 nitrogen and oxygen atoms in total. The molecule has 1 saturated heterocycles. The first-order chi connectivity index (χ1) is 8.40. The van der Waals surface area contributed by atoms with Gasteiger partial charge in [0.2, 0.25) is 0 Å². The lowest BCUT2D eigenvalue weighted by molar-refractivity contribution is 0.546. The van der Waals surface area contributed by atoms with Crippen molar-refractivity contribution in [1.29, 1.82) is 0 Å². The highest BCUT2D eigenvalue weighted by Gasteiger charge is 2.26. The highest BCUT2D eigenvalue weighted by atomic mass is 32.2. The normalized spacial score (nSPS) is 22.7. The van der Waals surface area contributed by atoms with E-state index in [1.165, 1.54) is 0 Å². The molecule has 0 spiro atoms. The third-order valence-electron chi connectivity index (χ3n) is 3.26. The van der Waals surface area contributed by atoms with Gasteiger partial charge in [-0.1, -0.05) is 24.6 Å². The van der Waals surface area contributed by atoms with Crippen LogP contribution in [0.25, 0.3) is 0 Å². The molecule has 1 unspecified atom stereocenters. The van der Waals surface area contributed by atoms with E-state index in [4.69, 9.17) is 0 Å². The molecule has 0 amide bonds. The lowest BCUT2D eigenvalue weighted by atomic mass is 10.1. The van der Waals surface area contributed by atoms with Crippen molar-refractivity contribution in [2.24, 2.45) is 10.3 Å². The predicted molar refractivity (Wildman–Crippen MR) is 72.2 cm³/mol. The Morgan fingerprint density at radius 1 is 1.28 bits per heavy atom. The molecule has 2 rings (SSSR count). The van der Waals surface area contributed by atoms with E-state index in [2.05, 4.69) is 4.40 Å². The van der Waals surface area contributed by atoms with E-state index in [-0.39, 0.29) is 10.8 Å². The Labute approximate surface area is 108 Å². The average molecular weight is 266 g/mol. The van der Waals surface area contributed by atoms with Crippen LogP contribution in [-0.2, 0) is 10.0 Å². The molecule has 18 heavy (non-hydrogen) atoms. The number of likely N-dealkylation sites (tertiary alicyclic amines) is 1. The maximum atomic E-state index is 12.2. The second kappa shape index (κ2) is 4.72. The summed E-state index contributed by atoms with van der Waals surface area (Å²) >= 11 is 0.